The Morgan fingerprint density at radius 1 is 1.40 bits per heavy atom. The van der Waals surface area contributed by atoms with Crippen LogP contribution in [-0.4, -0.2) is 48.6 Å². The lowest BCUT2D eigenvalue weighted by Crippen LogP contribution is -2.44. The van der Waals surface area contributed by atoms with Crippen LogP contribution in [0.15, 0.2) is 24.3 Å². The van der Waals surface area contributed by atoms with Crippen LogP contribution in [0.3, 0.4) is 0 Å². The van der Waals surface area contributed by atoms with Gasteiger partial charge in [0.1, 0.15) is 6.61 Å². The summed E-state index contributed by atoms with van der Waals surface area (Å²) in [5, 5.41) is 0. The second-order valence-corrected chi connectivity index (χ2v) is 5.64. The monoisotopic (exact) mass is 295 g/mol. The van der Waals surface area contributed by atoms with E-state index in [4.69, 9.17) is 9.47 Å². The summed E-state index contributed by atoms with van der Waals surface area (Å²) in [6.07, 6.45) is 2.80. The molecule has 0 bridgehead atoms. The smallest absolute Gasteiger partial charge is 0.232 e. The van der Waals surface area contributed by atoms with Gasteiger partial charge in [0.25, 0.3) is 0 Å². The topological polar surface area (TPSA) is 38.8 Å². The van der Waals surface area contributed by atoms with E-state index in [1.165, 1.54) is 0 Å². The third-order valence-electron chi connectivity index (χ3n) is 3.11. The number of hydrogen-bond acceptors (Lipinski definition) is 4. The van der Waals surface area contributed by atoms with Crippen molar-refractivity contribution >= 4 is 17.7 Å². The van der Waals surface area contributed by atoms with Gasteiger partial charge in [-0.2, -0.15) is 11.8 Å². The number of para-hydroxylation sites is 2. The lowest BCUT2D eigenvalue weighted by atomic mass is 10.2. The second-order valence-electron chi connectivity index (χ2n) is 4.77. The standard InChI is InChI=1S/C15H21NO3S/c1-3-8-16(15(17)11-20-2)9-12-10-18-13-6-4-5-7-14(13)19-12/h4-7,12H,3,8-11H2,1-2H3. The molecule has 0 saturated heterocycles. The van der Waals surface area contributed by atoms with E-state index < -0.39 is 0 Å². The molecule has 0 fully saturated rings. The van der Waals surface area contributed by atoms with E-state index in [9.17, 15) is 4.79 Å². The number of hydrogen-bond donors (Lipinski definition) is 0. The van der Waals surface area contributed by atoms with Crippen molar-refractivity contribution in [1.29, 1.82) is 0 Å². The molecule has 0 aliphatic carbocycles. The maximum Gasteiger partial charge on any atom is 0.232 e. The van der Waals surface area contributed by atoms with Gasteiger partial charge in [-0.05, 0) is 24.8 Å². The van der Waals surface area contributed by atoms with Crippen molar-refractivity contribution in [3.63, 3.8) is 0 Å². The van der Waals surface area contributed by atoms with Gasteiger partial charge in [-0.3, -0.25) is 4.79 Å². The number of ether oxygens (including phenoxy) is 2. The molecule has 20 heavy (non-hydrogen) atoms. The number of thioether (sulfide) groups is 1. The van der Waals surface area contributed by atoms with Gasteiger partial charge in [-0.1, -0.05) is 19.1 Å². The number of nitrogens with zero attached hydrogens (tertiary/aromatic N) is 1. The Morgan fingerprint density at radius 2 is 2.15 bits per heavy atom. The summed E-state index contributed by atoms with van der Waals surface area (Å²) < 4.78 is 11.6. The van der Waals surface area contributed by atoms with Crippen LogP contribution in [0.25, 0.3) is 0 Å². The summed E-state index contributed by atoms with van der Waals surface area (Å²) in [5.74, 6) is 2.23. The van der Waals surface area contributed by atoms with Gasteiger partial charge < -0.3 is 14.4 Å². The first kappa shape index (κ1) is 15.0. The highest BCUT2D eigenvalue weighted by atomic mass is 32.2. The van der Waals surface area contributed by atoms with Crippen molar-refractivity contribution in [3.05, 3.63) is 24.3 Å². The highest BCUT2D eigenvalue weighted by Gasteiger charge is 2.24. The van der Waals surface area contributed by atoms with Crippen molar-refractivity contribution in [2.24, 2.45) is 0 Å². The third kappa shape index (κ3) is 3.82. The molecular weight excluding hydrogens is 274 g/mol. The zero-order valence-corrected chi connectivity index (χ0v) is 12.8. The molecule has 0 N–H and O–H groups in total. The molecule has 1 aliphatic heterocycles. The molecule has 0 radical (unpaired) electrons. The molecule has 1 unspecified atom stereocenters. The average molecular weight is 295 g/mol. The molecule has 1 aromatic carbocycles. The normalized spacial score (nSPS) is 16.8. The lowest BCUT2D eigenvalue weighted by Gasteiger charge is -2.31. The summed E-state index contributed by atoms with van der Waals surface area (Å²) in [7, 11) is 0. The zero-order chi connectivity index (χ0) is 14.4. The largest absolute Gasteiger partial charge is 0.486 e. The minimum atomic E-state index is -0.0951. The summed E-state index contributed by atoms with van der Waals surface area (Å²) >= 11 is 1.55. The Kier molecular flexibility index (Phi) is 5.59. The van der Waals surface area contributed by atoms with Crippen molar-refractivity contribution in [1.82, 2.24) is 4.90 Å². The lowest BCUT2D eigenvalue weighted by molar-refractivity contribution is -0.130. The first-order chi connectivity index (χ1) is 9.74. The molecule has 0 saturated carbocycles. The van der Waals surface area contributed by atoms with Gasteiger partial charge in [0.05, 0.1) is 12.3 Å². The van der Waals surface area contributed by atoms with E-state index >= 15 is 0 Å². The molecule has 2 rings (SSSR count). The predicted molar refractivity (Wildman–Crippen MR) is 81.6 cm³/mol. The molecular formula is C15H21NO3S. The van der Waals surface area contributed by atoms with Crippen LogP contribution in [0.4, 0.5) is 0 Å². The van der Waals surface area contributed by atoms with E-state index in [1.807, 2.05) is 35.4 Å². The zero-order valence-electron chi connectivity index (χ0n) is 12.0. The van der Waals surface area contributed by atoms with Crippen LogP contribution in [0.1, 0.15) is 13.3 Å². The van der Waals surface area contributed by atoms with Crippen molar-refractivity contribution in [2.45, 2.75) is 19.4 Å². The van der Waals surface area contributed by atoms with Crippen LogP contribution in [0, 0.1) is 0 Å². The molecule has 110 valence electrons. The van der Waals surface area contributed by atoms with Crippen molar-refractivity contribution < 1.29 is 14.3 Å². The quantitative estimate of drug-likeness (QED) is 0.808. The van der Waals surface area contributed by atoms with Gasteiger partial charge >= 0.3 is 0 Å². The fourth-order valence-electron chi connectivity index (χ4n) is 2.20. The maximum absolute atomic E-state index is 12.1. The molecule has 0 aromatic heterocycles. The summed E-state index contributed by atoms with van der Waals surface area (Å²) in [5.41, 5.74) is 0. The highest BCUT2D eigenvalue weighted by molar-refractivity contribution is 7.99. The fourth-order valence-corrected chi connectivity index (χ4v) is 2.63. The van der Waals surface area contributed by atoms with Gasteiger partial charge in [0.15, 0.2) is 17.6 Å². The van der Waals surface area contributed by atoms with Crippen LogP contribution in [0.5, 0.6) is 11.5 Å². The third-order valence-corrected chi connectivity index (χ3v) is 3.64. The second kappa shape index (κ2) is 7.43. The molecule has 1 heterocycles. The van der Waals surface area contributed by atoms with E-state index in [1.54, 1.807) is 11.8 Å². The van der Waals surface area contributed by atoms with Crippen molar-refractivity contribution in [3.8, 4) is 11.5 Å². The van der Waals surface area contributed by atoms with Crippen LogP contribution in [0.2, 0.25) is 0 Å². The number of fused-ring (bicyclic) bond motifs is 1. The average Bonchev–Trinajstić information content (AvgIpc) is 2.47. The Bertz CT molecular complexity index is 452. The first-order valence-corrected chi connectivity index (χ1v) is 8.29. The SMILES string of the molecule is CCCN(CC1COc2ccccc2O1)C(=O)CSC. The summed E-state index contributed by atoms with van der Waals surface area (Å²) in [6.45, 7) is 3.92. The van der Waals surface area contributed by atoms with Crippen molar-refractivity contribution in [2.75, 3.05) is 31.7 Å². The Balaban J connectivity index is 1.96. The van der Waals surface area contributed by atoms with Gasteiger partial charge in [-0.15, -0.1) is 0 Å². The summed E-state index contributed by atoms with van der Waals surface area (Å²) in [6, 6.07) is 7.64. The van der Waals surface area contributed by atoms with Gasteiger partial charge in [0, 0.05) is 6.54 Å². The Morgan fingerprint density at radius 3 is 2.85 bits per heavy atom. The molecule has 1 aliphatic rings. The van der Waals surface area contributed by atoms with E-state index in [2.05, 4.69) is 6.92 Å². The molecule has 0 spiro atoms. The number of carbonyl (C=O) groups is 1. The molecule has 1 amide bonds. The molecule has 1 atom stereocenters. The van der Waals surface area contributed by atoms with Gasteiger partial charge in [0.2, 0.25) is 5.91 Å². The fraction of sp³-hybridized carbons (Fsp3) is 0.533. The molecule has 1 aromatic rings. The number of carbonyl (C=O) groups excluding carboxylic acids is 1. The van der Waals surface area contributed by atoms with Crippen LogP contribution < -0.4 is 9.47 Å². The van der Waals surface area contributed by atoms with E-state index in [0.717, 1.165) is 24.5 Å². The first-order valence-electron chi connectivity index (χ1n) is 6.89. The Hall–Kier alpha value is -1.36. The number of amides is 1. The Labute approximate surface area is 124 Å². The summed E-state index contributed by atoms with van der Waals surface area (Å²) in [4.78, 5) is 13.9. The van der Waals surface area contributed by atoms with Crippen LogP contribution >= 0.6 is 11.8 Å². The number of benzene rings is 1. The van der Waals surface area contributed by atoms with E-state index in [-0.39, 0.29) is 12.0 Å². The minimum absolute atomic E-state index is 0.0951. The highest BCUT2D eigenvalue weighted by Crippen LogP contribution is 2.31. The minimum Gasteiger partial charge on any atom is -0.486 e. The van der Waals surface area contributed by atoms with E-state index in [0.29, 0.717) is 18.9 Å². The molecule has 5 heteroatoms. The maximum atomic E-state index is 12.1. The van der Waals surface area contributed by atoms with Gasteiger partial charge in [-0.25, -0.2) is 0 Å². The molecule has 4 nitrogen and oxygen atoms in total. The number of rotatable bonds is 6. The predicted octanol–water partition coefficient (Wildman–Crippen LogP) is 2.43. The van der Waals surface area contributed by atoms with Crippen LogP contribution in [-0.2, 0) is 4.79 Å².